The van der Waals surface area contributed by atoms with Crippen molar-refractivity contribution in [3.63, 3.8) is 0 Å². The van der Waals surface area contributed by atoms with Crippen LogP contribution >= 0.6 is 27.7 Å². The van der Waals surface area contributed by atoms with E-state index in [4.69, 9.17) is 0 Å². The summed E-state index contributed by atoms with van der Waals surface area (Å²) in [5.41, 5.74) is 5.12. The first-order valence-electron chi connectivity index (χ1n) is 8.91. The number of nitrogens with one attached hydrogen (secondary N) is 1. The summed E-state index contributed by atoms with van der Waals surface area (Å²) in [4.78, 5) is 12.1. The number of aromatic nitrogens is 3. The molecule has 3 rings (SSSR count). The van der Waals surface area contributed by atoms with Crippen molar-refractivity contribution in [3.8, 4) is 17.1 Å². The molecule has 0 atom stereocenters. The molecule has 7 nitrogen and oxygen atoms in total. The van der Waals surface area contributed by atoms with E-state index in [9.17, 15) is 9.90 Å². The molecule has 0 bridgehead atoms. The Morgan fingerprint density at radius 2 is 2.03 bits per heavy atom. The smallest absolute Gasteiger partial charge is 0.250 e. The lowest BCUT2D eigenvalue weighted by molar-refractivity contribution is -0.118. The first-order valence-corrected chi connectivity index (χ1v) is 10.7. The Labute approximate surface area is 181 Å². The lowest BCUT2D eigenvalue weighted by Gasteiger charge is -2.07. The summed E-state index contributed by atoms with van der Waals surface area (Å²) in [7, 11) is 0. The summed E-state index contributed by atoms with van der Waals surface area (Å²) < 4.78 is 2.78. The van der Waals surface area contributed by atoms with Crippen molar-refractivity contribution < 1.29 is 9.90 Å². The predicted molar refractivity (Wildman–Crippen MR) is 118 cm³/mol. The molecule has 0 radical (unpaired) electrons. The molecule has 0 saturated carbocycles. The summed E-state index contributed by atoms with van der Waals surface area (Å²) in [5, 5.41) is 22.9. The molecule has 1 heterocycles. The van der Waals surface area contributed by atoms with Crippen LogP contribution in [0.4, 0.5) is 0 Å². The summed E-state index contributed by atoms with van der Waals surface area (Å²) >= 11 is 4.62. The SMILES string of the molecule is CCn1c(SCC(=O)N/N=C\c2cc(Br)ccc2O)nnc1-c1ccc(C)cc1. The number of thioether (sulfide) groups is 1. The van der Waals surface area contributed by atoms with Gasteiger partial charge in [0.2, 0.25) is 0 Å². The normalized spacial score (nSPS) is 11.1. The average Bonchev–Trinajstić information content (AvgIpc) is 3.12. The second kappa shape index (κ2) is 9.71. The van der Waals surface area contributed by atoms with Crippen molar-refractivity contribution in [1.29, 1.82) is 0 Å². The van der Waals surface area contributed by atoms with Gasteiger partial charge in [0.1, 0.15) is 5.75 Å². The number of aryl methyl sites for hydroxylation is 1. The lowest BCUT2D eigenvalue weighted by Crippen LogP contribution is -2.20. The number of phenols is 1. The highest BCUT2D eigenvalue weighted by Gasteiger charge is 2.14. The van der Waals surface area contributed by atoms with Gasteiger partial charge in [0.15, 0.2) is 11.0 Å². The second-order valence-corrected chi connectivity index (χ2v) is 8.06. The van der Waals surface area contributed by atoms with Crippen molar-refractivity contribution in [2.24, 2.45) is 5.10 Å². The first-order chi connectivity index (χ1) is 14.0. The van der Waals surface area contributed by atoms with Gasteiger partial charge < -0.3 is 9.67 Å². The number of rotatable bonds is 7. The van der Waals surface area contributed by atoms with E-state index in [1.807, 2.05) is 42.7 Å². The van der Waals surface area contributed by atoms with Gasteiger partial charge in [-0.2, -0.15) is 5.10 Å². The molecule has 0 aliphatic carbocycles. The Bertz CT molecular complexity index is 1030. The van der Waals surface area contributed by atoms with Gasteiger partial charge in [-0.25, -0.2) is 5.43 Å². The minimum atomic E-state index is -0.275. The van der Waals surface area contributed by atoms with E-state index in [0.717, 1.165) is 15.9 Å². The van der Waals surface area contributed by atoms with Crippen LogP contribution in [-0.2, 0) is 11.3 Å². The van der Waals surface area contributed by atoms with Crippen LogP contribution in [0.1, 0.15) is 18.1 Å². The van der Waals surface area contributed by atoms with Crippen molar-refractivity contribution >= 4 is 39.8 Å². The van der Waals surface area contributed by atoms with Crippen molar-refractivity contribution in [2.75, 3.05) is 5.75 Å². The summed E-state index contributed by atoms with van der Waals surface area (Å²) in [6.07, 6.45) is 1.40. The molecule has 2 N–H and O–H groups in total. The highest BCUT2D eigenvalue weighted by atomic mass is 79.9. The van der Waals surface area contributed by atoms with E-state index < -0.39 is 0 Å². The van der Waals surface area contributed by atoms with Crippen LogP contribution in [0.5, 0.6) is 5.75 Å². The first kappa shape index (κ1) is 21.1. The van der Waals surface area contributed by atoms with E-state index in [0.29, 0.717) is 17.3 Å². The van der Waals surface area contributed by atoms with Gasteiger partial charge in [-0.3, -0.25) is 4.79 Å². The number of aromatic hydroxyl groups is 1. The number of phenolic OH excluding ortho intramolecular Hbond substituents is 1. The lowest BCUT2D eigenvalue weighted by atomic mass is 10.1. The Morgan fingerprint density at radius 3 is 2.76 bits per heavy atom. The quantitative estimate of drug-likeness (QED) is 0.307. The van der Waals surface area contributed by atoms with E-state index >= 15 is 0 Å². The summed E-state index contributed by atoms with van der Waals surface area (Å²) in [5.74, 6) is 0.732. The van der Waals surface area contributed by atoms with Crippen LogP contribution in [0, 0.1) is 6.92 Å². The van der Waals surface area contributed by atoms with E-state index in [1.165, 1.54) is 23.5 Å². The van der Waals surface area contributed by atoms with Crippen molar-refractivity contribution in [1.82, 2.24) is 20.2 Å². The van der Waals surface area contributed by atoms with Gasteiger partial charge >= 0.3 is 0 Å². The number of hydrazone groups is 1. The number of carbonyl (C=O) groups excluding carboxylic acids is 1. The molecule has 1 amide bonds. The molecular weight excluding hydrogens is 454 g/mol. The van der Waals surface area contributed by atoms with Crippen LogP contribution < -0.4 is 5.43 Å². The Kier molecular flexibility index (Phi) is 7.05. The molecule has 0 spiro atoms. The monoisotopic (exact) mass is 473 g/mol. The third kappa shape index (κ3) is 5.45. The topological polar surface area (TPSA) is 92.4 Å². The molecular formula is C20H20BrN5O2S. The van der Waals surface area contributed by atoms with Gasteiger partial charge in [-0.1, -0.05) is 57.5 Å². The number of hydrogen-bond acceptors (Lipinski definition) is 6. The number of amides is 1. The minimum absolute atomic E-state index is 0.0836. The van der Waals surface area contributed by atoms with Gasteiger partial charge in [0.05, 0.1) is 12.0 Å². The maximum Gasteiger partial charge on any atom is 0.250 e. The largest absolute Gasteiger partial charge is 0.507 e. The fourth-order valence-corrected chi connectivity index (χ4v) is 3.74. The van der Waals surface area contributed by atoms with E-state index in [1.54, 1.807) is 18.2 Å². The van der Waals surface area contributed by atoms with Crippen LogP contribution in [-0.4, -0.2) is 37.7 Å². The molecule has 150 valence electrons. The Balaban J connectivity index is 1.61. The maximum absolute atomic E-state index is 12.1. The van der Waals surface area contributed by atoms with Crippen LogP contribution in [0.2, 0.25) is 0 Å². The van der Waals surface area contributed by atoms with Crippen LogP contribution in [0.25, 0.3) is 11.4 Å². The Morgan fingerprint density at radius 1 is 1.28 bits per heavy atom. The highest BCUT2D eigenvalue weighted by molar-refractivity contribution is 9.10. The van der Waals surface area contributed by atoms with Gasteiger partial charge in [0.25, 0.3) is 5.91 Å². The number of halogens is 1. The molecule has 9 heteroatoms. The molecule has 1 aromatic heterocycles. The number of carbonyl (C=O) groups is 1. The standard InChI is InChI=1S/C20H20BrN5O2S/c1-3-26-19(14-6-4-13(2)5-7-14)24-25-20(26)29-12-18(28)23-22-11-15-10-16(21)8-9-17(15)27/h4-11,27H,3,12H2,1-2H3,(H,23,28)/b22-11-. The number of benzene rings is 2. The van der Waals surface area contributed by atoms with Crippen LogP contribution in [0.15, 0.2) is 57.2 Å². The fraction of sp³-hybridized carbons (Fsp3) is 0.200. The second-order valence-electron chi connectivity index (χ2n) is 6.20. The minimum Gasteiger partial charge on any atom is -0.507 e. The molecule has 2 aromatic carbocycles. The molecule has 0 aliphatic heterocycles. The van der Waals surface area contributed by atoms with Crippen LogP contribution in [0.3, 0.4) is 0 Å². The zero-order chi connectivity index (χ0) is 20.8. The maximum atomic E-state index is 12.1. The summed E-state index contributed by atoms with van der Waals surface area (Å²) in [6, 6.07) is 13.1. The third-order valence-corrected chi connectivity index (χ3v) is 5.52. The molecule has 3 aromatic rings. The molecule has 29 heavy (non-hydrogen) atoms. The molecule has 0 fully saturated rings. The Hall–Kier alpha value is -2.65. The third-order valence-electron chi connectivity index (χ3n) is 4.06. The van der Waals surface area contributed by atoms with Gasteiger partial charge in [0, 0.05) is 22.1 Å². The van der Waals surface area contributed by atoms with Crippen molar-refractivity contribution in [3.05, 3.63) is 58.1 Å². The van der Waals surface area contributed by atoms with E-state index in [2.05, 4.69) is 36.7 Å². The van der Waals surface area contributed by atoms with E-state index in [-0.39, 0.29) is 17.4 Å². The molecule has 0 saturated heterocycles. The van der Waals surface area contributed by atoms with Gasteiger partial charge in [-0.05, 0) is 32.0 Å². The molecule has 0 aliphatic rings. The van der Waals surface area contributed by atoms with Crippen molar-refractivity contribution in [2.45, 2.75) is 25.5 Å². The summed E-state index contributed by atoms with van der Waals surface area (Å²) in [6.45, 7) is 4.75. The highest BCUT2D eigenvalue weighted by Crippen LogP contribution is 2.24. The zero-order valence-electron chi connectivity index (χ0n) is 16.0. The average molecular weight is 474 g/mol. The zero-order valence-corrected chi connectivity index (χ0v) is 18.4. The fourth-order valence-electron chi connectivity index (χ4n) is 2.56. The number of nitrogens with zero attached hydrogens (tertiary/aromatic N) is 4. The molecule has 0 unspecified atom stereocenters. The van der Waals surface area contributed by atoms with Gasteiger partial charge in [-0.15, -0.1) is 10.2 Å². The number of hydrogen-bond donors (Lipinski definition) is 2. The predicted octanol–water partition coefficient (Wildman–Crippen LogP) is 3.98.